The molecular weight excluding hydrogens is 252 g/mol. The zero-order valence-corrected chi connectivity index (χ0v) is 11.2. The second-order valence-corrected chi connectivity index (χ2v) is 5.20. The molecule has 2 aliphatic heterocycles. The van der Waals surface area contributed by atoms with Gasteiger partial charge in [-0.25, -0.2) is 0 Å². The van der Waals surface area contributed by atoms with Crippen LogP contribution in [0.2, 0.25) is 0 Å². The number of likely N-dealkylation sites (tertiary alicyclic amines) is 1. The highest BCUT2D eigenvalue weighted by molar-refractivity contribution is 5.91. The van der Waals surface area contributed by atoms with Crippen LogP contribution in [0.1, 0.15) is 29.8 Å². The van der Waals surface area contributed by atoms with E-state index in [0.29, 0.717) is 11.2 Å². The van der Waals surface area contributed by atoms with Crippen LogP contribution in [0.3, 0.4) is 0 Å². The van der Waals surface area contributed by atoms with Gasteiger partial charge in [0, 0.05) is 19.6 Å². The van der Waals surface area contributed by atoms with Crippen LogP contribution in [0.15, 0.2) is 22.8 Å². The first-order valence-corrected chi connectivity index (χ1v) is 6.33. The van der Waals surface area contributed by atoms with Crippen LogP contribution < -0.4 is 5.32 Å². The SMILES string of the molecule is Cl.O=C(c1ccco1)N1CCC2(CCNC2)CC1. The molecule has 2 fully saturated rings. The second-order valence-electron chi connectivity index (χ2n) is 5.20. The first-order chi connectivity index (χ1) is 8.29. The second kappa shape index (κ2) is 5.33. The van der Waals surface area contributed by atoms with Gasteiger partial charge in [0.2, 0.25) is 0 Å². The van der Waals surface area contributed by atoms with Gasteiger partial charge in [-0.15, -0.1) is 12.4 Å². The van der Waals surface area contributed by atoms with Crippen molar-refractivity contribution in [3.63, 3.8) is 0 Å². The van der Waals surface area contributed by atoms with E-state index < -0.39 is 0 Å². The zero-order valence-electron chi connectivity index (χ0n) is 10.4. The first-order valence-electron chi connectivity index (χ1n) is 6.33. The molecule has 18 heavy (non-hydrogen) atoms. The number of rotatable bonds is 1. The van der Waals surface area contributed by atoms with E-state index in [1.165, 1.54) is 6.42 Å². The van der Waals surface area contributed by atoms with Crippen molar-refractivity contribution < 1.29 is 9.21 Å². The van der Waals surface area contributed by atoms with Crippen LogP contribution in [-0.4, -0.2) is 37.0 Å². The first kappa shape index (κ1) is 13.4. The molecule has 4 nitrogen and oxygen atoms in total. The number of amides is 1. The van der Waals surface area contributed by atoms with Crippen LogP contribution >= 0.6 is 12.4 Å². The van der Waals surface area contributed by atoms with E-state index in [1.807, 2.05) is 4.90 Å². The molecule has 2 saturated heterocycles. The van der Waals surface area contributed by atoms with Crippen molar-refractivity contribution in [2.75, 3.05) is 26.2 Å². The molecule has 3 heterocycles. The molecule has 3 rings (SSSR count). The summed E-state index contributed by atoms with van der Waals surface area (Å²) in [6, 6.07) is 3.50. The smallest absolute Gasteiger partial charge is 0.289 e. The summed E-state index contributed by atoms with van der Waals surface area (Å²) in [5.74, 6) is 0.501. The number of piperidine rings is 1. The standard InChI is InChI=1S/C13H18N2O2.ClH/c16-12(11-2-1-9-17-11)15-7-4-13(5-8-15)3-6-14-10-13;/h1-2,9,14H,3-8,10H2;1H. The molecule has 100 valence electrons. The molecule has 1 N–H and O–H groups in total. The van der Waals surface area contributed by atoms with Gasteiger partial charge < -0.3 is 14.6 Å². The number of furan rings is 1. The predicted molar refractivity (Wildman–Crippen MR) is 71.0 cm³/mol. The van der Waals surface area contributed by atoms with E-state index in [0.717, 1.165) is 39.0 Å². The van der Waals surface area contributed by atoms with Gasteiger partial charge in [-0.2, -0.15) is 0 Å². The van der Waals surface area contributed by atoms with Gasteiger partial charge in [0.25, 0.3) is 5.91 Å². The van der Waals surface area contributed by atoms with Crippen molar-refractivity contribution in [1.29, 1.82) is 0 Å². The quantitative estimate of drug-likeness (QED) is 0.848. The molecule has 0 saturated carbocycles. The highest BCUT2D eigenvalue weighted by Crippen LogP contribution is 2.37. The average Bonchev–Trinajstić information content (AvgIpc) is 3.01. The van der Waals surface area contributed by atoms with Gasteiger partial charge in [0.15, 0.2) is 5.76 Å². The van der Waals surface area contributed by atoms with Crippen LogP contribution in [0.4, 0.5) is 0 Å². The zero-order chi connectivity index (χ0) is 11.7. The molecule has 1 spiro atoms. The topological polar surface area (TPSA) is 45.5 Å². The van der Waals surface area contributed by atoms with E-state index in [2.05, 4.69) is 5.32 Å². The lowest BCUT2D eigenvalue weighted by Gasteiger charge is -2.38. The molecule has 5 heteroatoms. The molecule has 0 atom stereocenters. The Kier molecular flexibility index (Phi) is 3.97. The Morgan fingerprint density at radius 2 is 2.11 bits per heavy atom. The number of halogens is 1. The third-order valence-electron chi connectivity index (χ3n) is 4.18. The maximum absolute atomic E-state index is 12.1. The summed E-state index contributed by atoms with van der Waals surface area (Å²) in [7, 11) is 0. The predicted octanol–water partition coefficient (Wildman–Crippen LogP) is 1.92. The lowest BCUT2D eigenvalue weighted by Crippen LogP contribution is -2.43. The normalized spacial score (nSPS) is 21.9. The summed E-state index contributed by atoms with van der Waals surface area (Å²) < 4.78 is 5.16. The molecule has 2 aliphatic rings. The number of nitrogens with zero attached hydrogens (tertiary/aromatic N) is 1. The lowest BCUT2D eigenvalue weighted by atomic mass is 9.78. The minimum atomic E-state index is 0. The molecule has 0 unspecified atom stereocenters. The summed E-state index contributed by atoms with van der Waals surface area (Å²) in [6.07, 6.45) is 5.05. The fourth-order valence-corrected chi connectivity index (χ4v) is 2.96. The van der Waals surface area contributed by atoms with Crippen molar-refractivity contribution in [3.8, 4) is 0 Å². The largest absolute Gasteiger partial charge is 0.459 e. The third-order valence-corrected chi connectivity index (χ3v) is 4.18. The van der Waals surface area contributed by atoms with Crippen molar-refractivity contribution in [3.05, 3.63) is 24.2 Å². The van der Waals surface area contributed by atoms with E-state index in [9.17, 15) is 4.79 Å². The van der Waals surface area contributed by atoms with Crippen LogP contribution in [0.25, 0.3) is 0 Å². The number of hydrogen-bond acceptors (Lipinski definition) is 3. The van der Waals surface area contributed by atoms with Crippen molar-refractivity contribution in [1.82, 2.24) is 10.2 Å². The van der Waals surface area contributed by atoms with E-state index in [-0.39, 0.29) is 18.3 Å². The van der Waals surface area contributed by atoms with Gasteiger partial charge in [-0.3, -0.25) is 4.79 Å². The molecule has 1 aromatic heterocycles. The van der Waals surface area contributed by atoms with Gasteiger partial charge in [-0.05, 0) is 43.4 Å². The maximum Gasteiger partial charge on any atom is 0.289 e. The lowest BCUT2D eigenvalue weighted by molar-refractivity contribution is 0.0577. The van der Waals surface area contributed by atoms with Crippen molar-refractivity contribution in [2.45, 2.75) is 19.3 Å². The van der Waals surface area contributed by atoms with Crippen molar-refractivity contribution >= 4 is 18.3 Å². The van der Waals surface area contributed by atoms with Gasteiger partial charge in [0.05, 0.1) is 6.26 Å². The highest BCUT2D eigenvalue weighted by Gasteiger charge is 2.38. The Morgan fingerprint density at radius 1 is 1.33 bits per heavy atom. The van der Waals surface area contributed by atoms with Crippen molar-refractivity contribution in [2.24, 2.45) is 5.41 Å². The molecule has 1 amide bonds. The Labute approximate surface area is 113 Å². The van der Waals surface area contributed by atoms with E-state index in [4.69, 9.17) is 4.42 Å². The van der Waals surface area contributed by atoms with Crippen LogP contribution in [0.5, 0.6) is 0 Å². The number of hydrogen-bond donors (Lipinski definition) is 1. The van der Waals surface area contributed by atoms with Gasteiger partial charge in [-0.1, -0.05) is 0 Å². The molecule has 0 radical (unpaired) electrons. The van der Waals surface area contributed by atoms with Gasteiger partial charge in [0.1, 0.15) is 0 Å². The Balaban J connectivity index is 0.00000120. The third kappa shape index (κ3) is 2.40. The molecular formula is C13H19ClN2O2. The molecule has 0 aliphatic carbocycles. The van der Waals surface area contributed by atoms with E-state index >= 15 is 0 Å². The Bertz CT molecular complexity index is 389. The number of carbonyl (C=O) groups is 1. The molecule has 0 aromatic carbocycles. The summed E-state index contributed by atoms with van der Waals surface area (Å²) in [4.78, 5) is 14.0. The Hall–Kier alpha value is -1.00. The van der Waals surface area contributed by atoms with E-state index in [1.54, 1.807) is 18.4 Å². The fourth-order valence-electron chi connectivity index (χ4n) is 2.96. The van der Waals surface area contributed by atoms with Crippen LogP contribution in [0, 0.1) is 5.41 Å². The maximum atomic E-state index is 12.1. The Morgan fingerprint density at radius 3 is 2.67 bits per heavy atom. The number of nitrogens with one attached hydrogen (secondary N) is 1. The van der Waals surface area contributed by atoms with Gasteiger partial charge >= 0.3 is 0 Å². The summed E-state index contributed by atoms with van der Waals surface area (Å²) >= 11 is 0. The summed E-state index contributed by atoms with van der Waals surface area (Å²) in [6.45, 7) is 3.98. The minimum absolute atomic E-state index is 0. The summed E-state index contributed by atoms with van der Waals surface area (Å²) in [5.41, 5.74) is 0.458. The van der Waals surface area contributed by atoms with Crippen LogP contribution in [-0.2, 0) is 0 Å². The fraction of sp³-hybridized carbons (Fsp3) is 0.615. The summed E-state index contributed by atoms with van der Waals surface area (Å²) in [5, 5.41) is 3.43. The number of carbonyl (C=O) groups excluding carboxylic acids is 1. The average molecular weight is 271 g/mol. The minimum Gasteiger partial charge on any atom is -0.459 e. The highest BCUT2D eigenvalue weighted by atomic mass is 35.5. The molecule has 0 bridgehead atoms. The monoisotopic (exact) mass is 270 g/mol. The molecule has 1 aromatic rings.